The van der Waals surface area contributed by atoms with Crippen LogP contribution < -0.4 is 0 Å². The van der Waals surface area contributed by atoms with Gasteiger partial charge in [0, 0.05) is 0 Å². The second kappa shape index (κ2) is 7.40. The van der Waals surface area contributed by atoms with E-state index in [1.165, 1.54) is 0 Å². The highest BCUT2D eigenvalue weighted by atomic mass is 31.2. The minimum absolute atomic E-state index is 0.265. The van der Waals surface area contributed by atoms with E-state index in [1.54, 1.807) is 13.8 Å². The van der Waals surface area contributed by atoms with Crippen molar-refractivity contribution in [3.63, 3.8) is 0 Å². The van der Waals surface area contributed by atoms with Crippen molar-refractivity contribution in [3.8, 4) is 0 Å². The van der Waals surface area contributed by atoms with Gasteiger partial charge in [0.2, 0.25) is 0 Å². The molecule has 0 saturated carbocycles. The SMILES string of the molecule is CCOP(=O)(OCC)OC/C=C/[Si](C)(C)C. The molecule has 6 heteroatoms. The van der Waals surface area contributed by atoms with Crippen LogP contribution in [0.25, 0.3) is 0 Å². The zero-order chi connectivity index (χ0) is 12.7. The van der Waals surface area contributed by atoms with Crippen molar-refractivity contribution in [2.45, 2.75) is 33.5 Å². The van der Waals surface area contributed by atoms with Crippen LogP contribution in [0.2, 0.25) is 19.6 Å². The van der Waals surface area contributed by atoms with E-state index in [2.05, 4.69) is 25.3 Å². The van der Waals surface area contributed by atoms with E-state index in [4.69, 9.17) is 13.6 Å². The van der Waals surface area contributed by atoms with Crippen molar-refractivity contribution in [3.05, 3.63) is 11.8 Å². The summed E-state index contributed by atoms with van der Waals surface area (Å²) in [6, 6.07) is 0. The van der Waals surface area contributed by atoms with E-state index in [-0.39, 0.29) is 6.61 Å². The zero-order valence-corrected chi connectivity index (χ0v) is 12.8. The van der Waals surface area contributed by atoms with Gasteiger partial charge < -0.3 is 0 Å². The first-order chi connectivity index (χ1) is 7.33. The van der Waals surface area contributed by atoms with Crippen LogP contribution in [0.15, 0.2) is 11.8 Å². The van der Waals surface area contributed by atoms with Gasteiger partial charge in [0.25, 0.3) is 0 Å². The maximum Gasteiger partial charge on any atom is 0.475 e. The first-order valence-electron chi connectivity index (χ1n) is 5.54. The van der Waals surface area contributed by atoms with Crippen molar-refractivity contribution in [1.82, 2.24) is 0 Å². The smallest absolute Gasteiger partial charge is 0.287 e. The molecule has 0 radical (unpaired) electrons. The van der Waals surface area contributed by atoms with Gasteiger partial charge in [-0.05, 0) is 13.8 Å². The summed E-state index contributed by atoms with van der Waals surface area (Å²) in [4.78, 5) is 0. The van der Waals surface area contributed by atoms with Gasteiger partial charge >= 0.3 is 7.82 Å². The Labute approximate surface area is 99.6 Å². The van der Waals surface area contributed by atoms with Crippen LogP contribution in [-0.4, -0.2) is 27.9 Å². The van der Waals surface area contributed by atoms with Crippen LogP contribution >= 0.6 is 7.82 Å². The topological polar surface area (TPSA) is 44.8 Å². The third-order valence-electron chi connectivity index (χ3n) is 1.52. The highest BCUT2D eigenvalue weighted by Gasteiger charge is 2.24. The monoisotopic (exact) mass is 266 g/mol. The maximum atomic E-state index is 11.8. The van der Waals surface area contributed by atoms with Crippen LogP contribution in [0.5, 0.6) is 0 Å². The summed E-state index contributed by atoms with van der Waals surface area (Å²) in [7, 11) is -4.56. The van der Waals surface area contributed by atoms with E-state index < -0.39 is 15.9 Å². The lowest BCUT2D eigenvalue weighted by atomic mass is 10.7. The van der Waals surface area contributed by atoms with Gasteiger partial charge in [0.15, 0.2) is 0 Å². The minimum atomic E-state index is -3.34. The molecule has 0 amide bonds. The average molecular weight is 266 g/mol. The number of hydrogen-bond donors (Lipinski definition) is 0. The van der Waals surface area contributed by atoms with Gasteiger partial charge in [0.1, 0.15) is 0 Å². The summed E-state index contributed by atoms with van der Waals surface area (Å²) in [5.74, 6) is 0. The van der Waals surface area contributed by atoms with Gasteiger partial charge in [-0.25, -0.2) is 4.57 Å². The molecule has 0 aromatic heterocycles. The largest absolute Gasteiger partial charge is 0.475 e. The molecule has 0 N–H and O–H groups in total. The Morgan fingerprint density at radius 3 is 1.94 bits per heavy atom. The lowest BCUT2D eigenvalue weighted by molar-refractivity contribution is 0.131. The highest BCUT2D eigenvalue weighted by molar-refractivity contribution is 7.48. The Kier molecular flexibility index (Phi) is 7.43. The van der Waals surface area contributed by atoms with Crippen LogP contribution in [0.4, 0.5) is 0 Å². The van der Waals surface area contributed by atoms with Gasteiger partial charge in [-0.3, -0.25) is 13.6 Å². The third kappa shape index (κ3) is 8.25. The van der Waals surface area contributed by atoms with E-state index in [9.17, 15) is 4.57 Å². The first kappa shape index (κ1) is 16.1. The fourth-order valence-corrected chi connectivity index (χ4v) is 2.89. The number of hydrogen-bond acceptors (Lipinski definition) is 4. The van der Waals surface area contributed by atoms with E-state index >= 15 is 0 Å². The molecule has 0 saturated heterocycles. The standard InChI is InChI=1S/C10H23O4PSi/c1-6-12-15(11,13-7-2)14-9-8-10-16(3,4)5/h8,10H,6-7,9H2,1-5H3/b10-8+. The molecule has 0 unspecified atom stereocenters. The van der Waals surface area contributed by atoms with Crippen molar-refractivity contribution in [2.24, 2.45) is 0 Å². The van der Waals surface area contributed by atoms with Gasteiger partial charge in [0.05, 0.1) is 27.9 Å². The Bertz CT molecular complexity index is 250. The fraction of sp³-hybridized carbons (Fsp3) is 0.800. The second-order valence-electron chi connectivity index (χ2n) is 4.35. The summed E-state index contributed by atoms with van der Waals surface area (Å²) in [5.41, 5.74) is 2.13. The minimum Gasteiger partial charge on any atom is -0.287 e. The number of phosphoric acid groups is 1. The molecule has 0 spiro atoms. The quantitative estimate of drug-likeness (QED) is 0.497. The molecule has 0 aromatic carbocycles. The molecule has 96 valence electrons. The van der Waals surface area contributed by atoms with Gasteiger partial charge in [-0.15, -0.1) is 0 Å². The van der Waals surface area contributed by atoms with Crippen LogP contribution in [0.1, 0.15) is 13.8 Å². The molecule has 0 fully saturated rings. The molecule has 16 heavy (non-hydrogen) atoms. The molecule has 0 aliphatic rings. The number of phosphoric ester groups is 1. The molecular formula is C10H23O4PSi. The summed E-state index contributed by atoms with van der Waals surface area (Å²) in [6.07, 6.45) is 1.89. The molecular weight excluding hydrogens is 243 g/mol. The molecule has 0 atom stereocenters. The van der Waals surface area contributed by atoms with Crippen molar-refractivity contribution in [1.29, 1.82) is 0 Å². The van der Waals surface area contributed by atoms with Crippen molar-refractivity contribution >= 4 is 15.9 Å². The van der Waals surface area contributed by atoms with E-state index in [0.717, 1.165) is 0 Å². The van der Waals surface area contributed by atoms with Crippen molar-refractivity contribution < 1.29 is 18.1 Å². The van der Waals surface area contributed by atoms with E-state index in [0.29, 0.717) is 13.2 Å². The molecule has 0 aliphatic carbocycles. The molecule has 0 aromatic rings. The molecule has 4 nitrogen and oxygen atoms in total. The van der Waals surface area contributed by atoms with E-state index in [1.807, 2.05) is 6.08 Å². The Balaban J connectivity index is 4.13. The lowest BCUT2D eigenvalue weighted by Crippen LogP contribution is -2.15. The summed E-state index contributed by atoms with van der Waals surface area (Å²) in [5, 5.41) is 0. The molecule has 0 rings (SSSR count). The molecule has 0 aliphatic heterocycles. The van der Waals surface area contributed by atoms with Gasteiger partial charge in [-0.2, -0.15) is 0 Å². The van der Waals surface area contributed by atoms with Crippen LogP contribution in [0, 0.1) is 0 Å². The summed E-state index contributed by atoms with van der Waals surface area (Å²) < 4.78 is 27.0. The number of rotatable bonds is 8. The van der Waals surface area contributed by atoms with Gasteiger partial charge in [-0.1, -0.05) is 31.4 Å². The average Bonchev–Trinajstić information content (AvgIpc) is 2.12. The third-order valence-corrected chi connectivity index (χ3v) is 4.37. The Morgan fingerprint density at radius 1 is 1.06 bits per heavy atom. The van der Waals surface area contributed by atoms with Crippen molar-refractivity contribution in [2.75, 3.05) is 19.8 Å². The Morgan fingerprint density at radius 2 is 1.56 bits per heavy atom. The lowest BCUT2D eigenvalue weighted by Gasteiger charge is -2.15. The highest BCUT2D eigenvalue weighted by Crippen LogP contribution is 2.49. The summed E-state index contributed by atoms with van der Waals surface area (Å²) in [6.45, 7) is 11.1. The zero-order valence-electron chi connectivity index (χ0n) is 10.9. The molecule has 0 heterocycles. The van der Waals surface area contributed by atoms with Crippen LogP contribution in [-0.2, 0) is 18.1 Å². The predicted octanol–water partition coefficient (Wildman–Crippen LogP) is 3.62. The normalized spacial score (nSPS) is 13.6. The first-order valence-corrected chi connectivity index (χ1v) is 10.6. The predicted molar refractivity (Wildman–Crippen MR) is 69.3 cm³/mol. The maximum absolute atomic E-state index is 11.8. The van der Waals surface area contributed by atoms with Crippen LogP contribution in [0.3, 0.4) is 0 Å². The fourth-order valence-electron chi connectivity index (χ4n) is 0.964. The Hall–Kier alpha value is 0.0669. The summed E-state index contributed by atoms with van der Waals surface area (Å²) >= 11 is 0. The molecule has 0 bridgehead atoms. The second-order valence-corrected chi connectivity index (χ2v) is 11.1.